The maximum absolute atomic E-state index is 12.8. The number of hydrogen-bond acceptors (Lipinski definition) is 8. The van der Waals surface area contributed by atoms with Crippen LogP contribution in [0.25, 0.3) is 0 Å². The quantitative estimate of drug-likeness (QED) is 0.525. The van der Waals surface area contributed by atoms with Gasteiger partial charge in [0, 0.05) is 25.9 Å². The van der Waals surface area contributed by atoms with E-state index in [2.05, 4.69) is 10.1 Å². The number of fused-ring (bicyclic) bond motifs is 1. The third kappa shape index (κ3) is 4.84. The summed E-state index contributed by atoms with van der Waals surface area (Å²) in [5.74, 6) is -0.533. The van der Waals surface area contributed by atoms with E-state index in [1.54, 1.807) is 30.5 Å². The number of esters is 1. The van der Waals surface area contributed by atoms with Crippen molar-refractivity contribution < 1.29 is 23.9 Å². The van der Waals surface area contributed by atoms with Gasteiger partial charge in [0.2, 0.25) is 11.5 Å². The highest BCUT2D eigenvalue weighted by Gasteiger charge is 2.48. The highest BCUT2D eigenvalue weighted by atomic mass is 16.6. The van der Waals surface area contributed by atoms with Crippen LogP contribution in [0.3, 0.4) is 0 Å². The Bertz CT molecular complexity index is 1140. The summed E-state index contributed by atoms with van der Waals surface area (Å²) in [6.45, 7) is 5.98. The fourth-order valence-corrected chi connectivity index (χ4v) is 4.06. The van der Waals surface area contributed by atoms with Gasteiger partial charge in [0.1, 0.15) is 6.61 Å². The lowest BCUT2D eigenvalue weighted by Gasteiger charge is -2.39. The van der Waals surface area contributed by atoms with Crippen molar-refractivity contribution in [3.05, 3.63) is 47.7 Å². The predicted octanol–water partition coefficient (Wildman–Crippen LogP) is 1.50. The lowest BCUT2D eigenvalue weighted by atomic mass is 10.1. The molecule has 3 heterocycles. The summed E-state index contributed by atoms with van der Waals surface area (Å²) in [6.07, 6.45) is 2.80. The van der Waals surface area contributed by atoms with Crippen LogP contribution in [0.15, 0.2) is 41.5 Å². The Hall–Kier alpha value is -3.89. The molecule has 11 nitrogen and oxygen atoms in total. The number of nitrogens with zero attached hydrogens (tertiary/aromatic N) is 6. The van der Waals surface area contributed by atoms with Gasteiger partial charge in [0.15, 0.2) is 12.2 Å². The number of rotatable bonds is 8. The molecule has 0 saturated carbocycles. The molecule has 186 valence electrons. The maximum atomic E-state index is 12.8. The van der Waals surface area contributed by atoms with Crippen molar-refractivity contribution in [2.45, 2.75) is 45.1 Å². The third-order valence-corrected chi connectivity index (χ3v) is 6.09. The molecule has 1 aromatic carbocycles. The molecule has 35 heavy (non-hydrogen) atoms. The van der Waals surface area contributed by atoms with Gasteiger partial charge >= 0.3 is 12.0 Å². The average Bonchev–Trinajstić information content (AvgIpc) is 3.39. The standard InChI is InChI=1S/C24H30N6O5/c1-16-13-30(14-17-9-7-6-8-10-17)26-20(16)35-24(2,3)22(32)34-12-11-29-15-25-19-18(29)21(31)28(5)23(33)27(19)4/h6-10,13,15,18-19H,11-12,14H2,1-5H3. The molecule has 0 spiro atoms. The highest BCUT2D eigenvalue weighted by Crippen LogP contribution is 2.25. The molecule has 3 amide bonds. The van der Waals surface area contributed by atoms with E-state index in [0.29, 0.717) is 12.4 Å². The van der Waals surface area contributed by atoms with Gasteiger partial charge in [0.05, 0.1) is 19.4 Å². The fraction of sp³-hybridized carbons (Fsp3) is 0.458. The normalized spacial score (nSPS) is 19.9. The Balaban J connectivity index is 1.32. The lowest BCUT2D eigenvalue weighted by Crippen LogP contribution is -2.63. The molecule has 11 heteroatoms. The van der Waals surface area contributed by atoms with Crippen LogP contribution in [0.4, 0.5) is 4.79 Å². The molecule has 2 unspecified atom stereocenters. The van der Waals surface area contributed by atoms with E-state index >= 15 is 0 Å². The second-order valence-corrected chi connectivity index (χ2v) is 9.20. The van der Waals surface area contributed by atoms with E-state index in [9.17, 15) is 14.4 Å². The van der Waals surface area contributed by atoms with E-state index in [1.807, 2.05) is 43.5 Å². The molecule has 1 aromatic heterocycles. The van der Waals surface area contributed by atoms with Crippen molar-refractivity contribution in [3.8, 4) is 5.88 Å². The van der Waals surface area contributed by atoms with E-state index in [0.717, 1.165) is 16.0 Å². The van der Waals surface area contributed by atoms with Gasteiger partial charge in [-0.25, -0.2) is 14.6 Å². The lowest BCUT2D eigenvalue weighted by molar-refractivity contribution is -0.159. The Morgan fingerprint density at radius 2 is 1.86 bits per heavy atom. The van der Waals surface area contributed by atoms with Gasteiger partial charge in [-0.1, -0.05) is 30.3 Å². The number of imide groups is 1. The van der Waals surface area contributed by atoms with Crippen LogP contribution in [0.1, 0.15) is 25.0 Å². The molecule has 0 aliphatic carbocycles. The van der Waals surface area contributed by atoms with Gasteiger partial charge in [-0.15, -0.1) is 5.10 Å². The number of carbonyl (C=O) groups is 3. The number of aliphatic imine (C=N–C) groups is 1. The molecule has 0 N–H and O–H groups in total. The second kappa shape index (κ2) is 9.40. The van der Waals surface area contributed by atoms with Crippen LogP contribution >= 0.6 is 0 Å². The minimum absolute atomic E-state index is 0.0248. The largest absolute Gasteiger partial charge is 0.461 e. The van der Waals surface area contributed by atoms with Crippen LogP contribution in [-0.4, -0.2) is 93.8 Å². The molecular formula is C24H30N6O5. The predicted molar refractivity (Wildman–Crippen MR) is 127 cm³/mol. The number of amides is 3. The number of likely N-dealkylation sites (N-methyl/N-ethyl adjacent to an activating group) is 2. The second-order valence-electron chi connectivity index (χ2n) is 9.20. The van der Waals surface area contributed by atoms with E-state index < -0.39 is 29.8 Å². The molecule has 2 aliphatic rings. The van der Waals surface area contributed by atoms with Crippen LogP contribution in [-0.2, 0) is 20.9 Å². The molecule has 0 bridgehead atoms. The zero-order chi connectivity index (χ0) is 25.3. The summed E-state index contributed by atoms with van der Waals surface area (Å²) in [5.41, 5.74) is 0.636. The van der Waals surface area contributed by atoms with Gasteiger partial charge in [-0.05, 0) is 26.3 Å². The first-order valence-electron chi connectivity index (χ1n) is 11.4. The van der Waals surface area contributed by atoms with Crippen molar-refractivity contribution >= 4 is 24.2 Å². The molecule has 1 fully saturated rings. The molecule has 4 rings (SSSR count). The third-order valence-electron chi connectivity index (χ3n) is 6.09. The van der Waals surface area contributed by atoms with Crippen LogP contribution < -0.4 is 4.74 Å². The van der Waals surface area contributed by atoms with E-state index in [1.165, 1.54) is 18.3 Å². The zero-order valence-corrected chi connectivity index (χ0v) is 20.5. The average molecular weight is 483 g/mol. The highest BCUT2D eigenvalue weighted by molar-refractivity contribution is 6.01. The Kier molecular flexibility index (Phi) is 6.51. The number of ether oxygens (including phenoxy) is 2. The number of carbonyl (C=O) groups excluding carboxylic acids is 3. The van der Waals surface area contributed by atoms with E-state index in [4.69, 9.17) is 9.47 Å². The van der Waals surface area contributed by atoms with Crippen LogP contribution in [0.2, 0.25) is 0 Å². The molecule has 0 radical (unpaired) electrons. The first kappa shape index (κ1) is 24.2. The topological polar surface area (TPSA) is 110 Å². The zero-order valence-electron chi connectivity index (χ0n) is 20.5. The summed E-state index contributed by atoms with van der Waals surface area (Å²) < 4.78 is 13.2. The van der Waals surface area contributed by atoms with Crippen LogP contribution in [0.5, 0.6) is 5.88 Å². The monoisotopic (exact) mass is 482 g/mol. The summed E-state index contributed by atoms with van der Waals surface area (Å²) in [5, 5.41) is 4.48. The van der Waals surface area contributed by atoms with Gasteiger partial charge < -0.3 is 19.3 Å². The fourth-order valence-electron chi connectivity index (χ4n) is 4.06. The van der Waals surface area contributed by atoms with E-state index in [-0.39, 0.29) is 19.1 Å². The Morgan fingerprint density at radius 1 is 1.14 bits per heavy atom. The maximum Gasteiger partial charge on any atom is 0.350 e. The molecule has 2 atom stereocenters. The Labute approximate surface area is 203 Å². The number of hydrogen-bond donors (Lipinski definition) is 0. The van der Waals surface area contributed by atoms with Gasteiger partial charge in [-0.3, -0.25) is 14.4 Å². The number of benzene rings is 1. The molecule has 2 aromatic rings. The van der Waals surface area contributed by atoms with Gasteiger partial charge in [-0.2, -0.15) is 0 Å². The SMILES string of the molecule is Cc1cn(Cc2ccccc2)nc1OC(C)(C)C(=O)OCCN1C=NC2C1C(=O)N(C)C(=O)N2C. The van der Waals surface area contributed by atoms with Gasteiger partial charge in [0.25, 0.3) is 5.91 Å². The minimum Gasteiger partial charge on any atom is -0.461 e. The van der Waals surface area contributed by atoms with Crippen molar-refractivity contribution in [1.29, 1.82) is 0 Å². The van der Waals surface area contributed by atoms with Crippen molar-refractivity contribution in [3.63, 3.8) is 0 Å². The first-order chi connectivity index (χ1) is 16.6. The number of aromatic nitrogens is 2. The van der Waals surface area contributed by atoms with Crippen molar-refractivity contribution in [2.24, 2.45) is 4.99 Å². The summed E-state index contributed by atoms with van der Waals surface area (Å²) in [6, 6.07) is 8.89. The molecule has 1 saturated heterocycles. The van der Waals surface area contributed by atoms with Crippen molar-refractivity contribution in [2.75, 3.05) is 27.2 Å². The number of aryl methyl sites for hydroxylation is 1. The Morgan fingerprint density at radius 3 is 2.57 bits per heavy atom. The molecule has 2 aliphatic heterocycles. The molecular weight excluding hydrogens is 452 g/mol. The summed E-state index contributed by atoms with van der Waals surface area (Å²) in [4.78, 5) is 46.0. The van der Waals surface area contributed by atoms with Crippen LogP contribution in [0, 0.1) is 6.92 Å². The summed E-state index contributed by atoms with van der Waals surface area (Å²) >= 11 is 0. The first-order valence-corrected chi connectivity index (χ1v) is 11.4. The smallest absolute Gasteiger partial charge is 0.350 e. The minimum atomic E-state index is -1.27. The van der Waals surface area contributed by atoms with Crippen molar-refractivity contribution in [1.82, 2.24) is 24.5 Å². The number of urea groups is 1. The summed E-state index contributed by atoms with van der Waals surface area (Å²) in [7, 11) is 3.05.